The van der Waals surface area contributed by atoms with E-state index >= 15 is 0 Å². The lowest BCUT2D eigenvalue weighted by Gasteiger charge is -2.35. The minimum absolute atomic E-state index is 0.0719. The van der Waals surface area contributed by atoms with E-state index in [1.165, 1.54) is 23.5 Å². The number of sulfonamides is 1. The first kappa shape index (κ1) is 21.6. The summed E-state index contributed by atoms with van der Waals surface area (Å²) >= 11 is 5.99. The van der Waals surface area contributed by atoms with Gasteiger partial charge in [-0.25, -0.2) is 8.42 Å². The number of hydrogen-bond acceptors (Lipinski definition) is 4. The normalized spacial score (nSPS) is 15.9. The van der Waals surface area contributed by atoms with Gasteiger partial charge in [-0.2, -0.15) is 0 Å². The molecule has 0 atom stereocenters. The molecule has 3 rings (SSSR count). The Labute approximate surface area is 177 Å². The van der Waals surface area contributed by atoms with Gasteiger partial charge in [0.05, 0.1) is 10.6 Å². The van der Waals surface area contributed by atoms with Crippen molar-refractivity contribution < 1.29 is 13.2 Å². The molecule has 1 aliphatic rings. The smallest absolute Gasteiger partial charge is 0.264 e. The van der Waals surface area contributed by atoms with E-state index in [4.69, 9.17) is 11.6 Å². The lowest BCUT2D eigenvalue weighted by molar-refractivity contribution is 0.0659. The third-order valence-electron chi connectivity index (χ3n) is 5.47. The van der Waals surface area contributed by atoms with E-state index < -0.39 is 10.0 Å². The Morgan fingerprint density at radius 2 is 1.72 bits per heavy atom. The van der Waals surface area contributed by atoms with Crippen LogP contribution >= 0.6 is 11.6 Å². The van der Waals surface area contributed by atoms with E-state index in [2.05, 4.69) is 11.9 Å². The van der Waals surface area contributed by atoms with Crippen LogP contribution in [0.2, 0.25) is 5.02 Å². The Kier molecular flexibility index (Phi) is 6.51. The predicted octanol–water partition coefficient (Wildman–Crippen LogP) is 3.33. The molecule has 29 heavy (non-hydrogen) atoms. The Morgan fingerprint density at radius 3 is 2.38 bits per heavy atom. The van der Waals surface area contributed by atoms with Gasteiger partial charge in [0.2, 0.25) is 0 Å². The number of carbonyl (C=O) groups excluding carboxylic acids is 1. The molecule has 0 spiro atoms. The molecule has 8 heteroatoms. The average molecular weight is 436 g/mol. The summed E-state index contributed by atoms with van der Waals surface area (Å²) in [5.74, 6) is -0.165. The van der Waals surface area contributed by atoms with Crippen molar-refractivity contribution in [2.45, 2.75) is 23.8 Å². The number of anilines is 1. The third-order valence-corrected chi connectivity index (χ3v) is 7.48. The Morgan fingerprint density at radius 1 is 1.07 bits per heavy atom. The molecule has 0 N–H and O–H groups in total. The zero-order valence-electron chi connectivity index (χ0n) is 16.9. The van der Waals surface area contributed by atoms with E-state index in [9.17, 15) is 13.2 Å². The zero-order valence-corrected chi connectivity index (χ0v) is 18.4. The monoisotopic (exact) mass is 435 g/mol. The van der Waals surface area contributed by atoms with Crippen molar-refractivity contribution in [2.75, 3.05) is 38.5 Å². The van der Waals surface area contributed by atoms with E-state index in [1.54, 1.807) is 48.3 Å². The summed E-state index contributed by atoms with van der Waals surface area (Å²) in [6.07, 6.45) is 1.82. The first-order valence-electron chi connectivity index (χ1n) is 9.50. The summed E-state index contributed by atoms with van der Waals surface area (Å²) in [6, 6.07) is 13.0. The van der Waals surface area contributed by atoms with Gasteiger partial charge in [-0.05, 0) is 69.4 Å². The Hall–Kier alpha value is -2.09. The molecule has 1 heterocycles. The number of piperidine rings is 1. The van der Waals surface area contributed by atoms with Crippen LogP contribution in [0.1, 0.15) is 23.2 Å². The maximum Gasteiger partial charge on any atom is 0.264 e. The molecule has 0 unspecified atom stereocenters. The fraction of sp³-hybridized carbons (Fsp3) is 0.381. The molecule has 1 saturated heterocycles. The minimum atomic E-state index is -3.83. The first-order valence-corrected chi connectivity index (χ1v) is 11.3. The van der Waals surface area contributed by atoms with Gasteiger partial charge in [0, 0.05) is 30.7 Å². The van der Waals surface area contributed by atoms with Crippen LogP contribution in [-0.2, 0) is 10.0 Å². The number of rotatable bonds is 5. The molecule has 0 bridgehead atoms. The van der Waals surface area contributed by atoms with Gasteiger partial charge in [-0.1, -0.05) is 23.7 Å². The fourth-order valence-electron chi connectivity index (χ4n) is 3.51. The van der Waals surface area contributed by atoms with Crippen molar-refractivity contribution in [3.63, 3.8) is 0 Å². The van der Waals surface area contributed by atoms with Crippen molar-refractivity contribution in [3.8, 4) is 0 Å². The Balaban J connectivity index is 1.83. The number of likely N-dealkylation sites (tertiary alicyclic amines) is 1. The maximum absolute atomic E-state index is 13.1. The topological polar surface area (TPSA) is 60.9 Å². The van der Waals surface area contributed by atoms with Crippen molar-refractivity contribution in [2.24, 2.45) is 0 Å². The largest absolute Gasteiger partial charge is 0.339 e. The van der Waals surface area contributed by atoms with Gasteiger partial charge in [-0.15, -0.1) is 0 Å². The van der Waals surface area contributed by atoms with E-state index in [0.717, 1.165) is 25.9 Å². The molecule has 0 radical (unpaired) electrons. The predicted molar refractivity (Wildman–Crippen MR) is 116 cm³/mol. The van der Waals surface area contributed by atoms with Crippen LogP contribution < -0.4 is 4.31 Å². The molecular formula is C21H26ClN3O3S. The molecule has 0 aromatic heterocycles. The average Bonchev–Trinajstić information content (AvgIpc) is 2.72. The van der Waals surface area contributed by atoms with Crippen LogP contribution in [0.5, 0.6) is 0 Å². The van der Waals surface area contributed by atoms with Crippen molar-refractivity contribution in [3.05, 3.63) is 59.1 Å². The molecule has 2 aromatic carbocycles. The summed E-state index contributed by atoms with van der Waals surface area (Å²) in [4.78, 5) is 17.0. The maximum atomic E-state index is 13.1. The molecule has 0 aliphatic carbocycles. The standard InChI is InChI=1S/C21H26ClN3O3S/c1-23-12-10-18(11-13-23)24(2)21(26)16-6-4-9-20(14-16)29(27,28)25(3)19-8-5-7-17(22)15-19/h4-9,14-15,18H,10-13H2,1-3H3. The zero-order chi connectivity index (χ0) is 21.2. The lowest BCUT2D eigenvalue weighted by atomic mass is 10.0. The van der Waals surface area contributed by atoms with Crippen LogP contribution in [0, 0.1) is 0 Å². The number of hydrogen-bond donors (Lipinski definition) is 0. The van der Waals surface area contributed by atoms with Crippen molar-refractivity contribution >= 4 is 33.2 Å². The molecule has 156 valence electrons. The van der Waals surface area contributed by atoms with Gasteiger partial charge in [-0.3, -0.25) is 9.10 Å². The summed E-state index contributed by atoms with van der Waals surface area (Å²) < 4.78 is 27.3. The second-order valence-electron chi connectivity index (χ2n) is 7.43. The molecule has 1 amide bonds. The molecule has 6 nitrogen and oxygen atoms in total. The number of nitrogens with zero attached hydrogens (tertiary/aromatic N) is 3. The highest BCUT2D eigenvalue weighted by Crippen LogP contribution is 2.25. The third kappa shape index (κ3) is 4.74. The van der Waals surface area contributed by atoms with E-state index in [-0.39, 0.29) is 16.8 Å². The van der Waals surface area contributed by atoms with Crippen LogP contribution in [0.4, 0.5) is 5.69 Å². The Bertz CT molecular complexity index is 988. The summed E-state index contributed by atoms with van der Waals surface area (Å²) in [5, 5.41) is 0.452. The molecule has 0 saturated carbocycles. The van der Waals surface area contributed by atoms with Crippen molar-refractivity contribution in [1.29, 1.82) is 0 Å². The number of halogens is 1. The summed E-state index contributed by atoms with van der Waals surface area (Å²) in [6.45, 7) is 1.89. The summed E-state index contributed by atoms with van der Waals surface area (Å²) in [7, 11) is 1.51. The highest BCUT2D eigenvalue weighted by molar-refractivity contribution is 7.92. The quantitative estimate of drug-likeness (QED) is 0.722. The molecule has 2 aromatic rings. The fourth-order valence-corrected chi connectivity index (χ4v) is 4.93. The molecular weight excluding hydrogens is 410 g/mol. The second kappa shape index (κ2) is 8.73. The van der Waals surface area contributed by atoms with Gasteiger partial charge < -0.3 is 9.80 Å². The van der Waals surface area contributed by atoms with Crippen LogP contribution in [-0.4, -0.2) is 64.4 Å². The van der Waals surface area contributed by atoms with Crippen molar-refractivity contribution in [1.82, 2.24) is 9.80 Å². The first-order chi connectivity index (χ1) is 13.7. The van der Waals surface area contributed by atoms with E-state index in [1.807, 2.05) is 0 Å². The highest BCUT2D eigenvalue weighted by atomic mass is 35.5. The van der Waals surface area contributed by atoms with E-state index in [0.29, 0.717) is 16.3 Å². The number of carbonyl (C=O) groups is 1. The number of amides is 1. The van der Waals surface area contributed by atoms with Gasteiger partial charge >= 0.3 is 0 Å². The molecule has 1 aliphatic heterocycles. The molecule has 1 fully saturated rings. The SMILES string of the molecule is CN1CCC(N(C)C(=O)c2cccc(S(=O)(=O)N(C)c3cccc(Cl)c3)c2)CC1. The van der Waals surface area contributed by atoms with Gasteiger partial charge in [0.15, 0.2) is 0 Å². The number of benzene rings is 2. The van der Waals surface area contributed by atoms with Crippen LogP contribution in [0.25, 0.3) is 0 Å². The van der Waals surface area contributed by atoms with Crippen LogP contribution in [0.15, 0.2) is 53.4 Å². The minimum Gasteiger partial charge on any atom is -0.339 e. The van der Waals surface area contributed by atoms with Gasteiger partial charge in [0.1, 0.15) is 0 Å². The summed E-state index contributed by atoms with van der Waals surface area (Å²) in [5.41, 5.74) is 0.824. The lowest BCUT2D eigenvalue weighted by Crippen LogP contribution is -2.44. The van der Waals surface area contributed by atoms with Gasteiger partial charge in [0.25, 0.3) is 15.9 Å². The second-order valence-corrected chi connectivity index (χ2v) is 9.84. The van der Waals surface area contributed by atoms with Crippen LogP contribution in [0.3, 0.4) is 0 Å². The highest BCUT2D eigenvalue weighted by Gasteiger charge is 2.27.